The van der Waals surface area contributed by atoms with E-state index in [2.05, 4.69) is 37.4 Å². The molecule has 1 atom stereocenters. The molecule has 0 fully saturated rings. The number of anilines is 1. The average molecular weight is 371 g/mol. The van der Waals surface area contributed by atoms with Gasteiger partial charge in [-0.2, -0.15) is 10.1 Å². The van der Waals surface area contributed by atoms with Crippen LogP contribution in [0.15, 0.2) is 65.4 Å². The SMILES string of the molecule is Fc1ccc(C2C=C(c3cccc(Br)c3)Nc3ncnn32)cc1. The molecule has 114 valence electrons. The molecule has 0 aliphatic carbocycles. The summed E-state index contributed by atoms with van der Waals surface area (Å²) in [6, 6.07) is 14.3. The van der Waals surface area contributed by atoms with E-state index in [-0.39, 0.29) is 11.9 Å². The van der Waals surface area contributed by atoms with E-state index in [1.807, 2.05) is 24.3 Å². The largest absolute Gasteiger partial charge is 0.324 e. The summed E-state index contributed by atoms with van der Waals surface area (Å²) < 4.78 is 16.0. The average Bonchev–Trinajstić information content (AvgIpc) is 3.03. The maximum atomic E-state index is 13.2. The van der Waals surface area contributed by atoms with Gasteiger partial charge in [0.1, 0.15) is 18.2 Å². The summed E-state index contributed by atoms with van der Waals surface area (Å²) in [4.78, 5) is 4.26. The van der Waals surface area contributed by atoms with Crippen molar-refractivity contribution >= 4 is 27.6 Å². The van der Waals surface area contributed by atoms with Crippen LogP contribution in [0.1, 0.15) is 17.2 Å². The highest BCUT2D eigenvalue weighted by atomic mass is 79.9. The smallest absolute Gasteiger partial charge is 0.226 e. The summed E-state index contributed by atoms with van der Waals surface area (Å²) in [5.74, 6) is 0.412. The van der Waals surface area contributed by atoms with E-state index in [4.69, 9.17) is 0 Å². The molecule has 23 heavy (non-hydrogen) atoms. The van der Waals surface area contributed by atoms with Gasteiger partial charge in [0, 0.05) is 10.2 Å². The Labute approximate surface area is 140 Å². The standard InChI is InChI=1S/C17H12BrFN4/c18-13-3-1-2-12(8-13)15-9-16(11-4-6-14(19)7-5-11)23-17(22-15)20-10-21-23/h1-10,16H,(H,20,21,22). The molecule has 3 aromatic rings. The van der Waals surface area contributed by atoms with Gasteiger partial charge in [0.15, 0.2) is 0 Å². The van der Waals surface area contributed by atoms with E-state index in [1.165, 1.54) is 18.5 Å². The van der Waals surface area contributed by atoms with E-state index in [0.717, 1.165) is 21.3 Å². The van der Waals surface area contributed by atoms with Gasteiger partial charge in [-0.15, -0.1) is 0 Å². The third kappa shape index (κ3) is 2.66. The third-order valence-electron chi connectivity index (χ3n) is 3.75. The molecule has 0 radical (unpaired) electrons. The van der Waals surface area contributed by atoms with Crippen molar-refractivity contribution in [3.8, 4) is 0 Å². The molecule has 0 saturated heterocycles. The first-order valence-electron chi connectivity index (χ1n) is 7.10. The van der Waals surface area contributed by atoms with Crippen molar-refractivity contribution in [2.24, 2.45) is 0 Å². The lowest BCUT2D eigenvalue weighted by molar-refractivity contribution is 0.603. The summed E-state index contributed by atoms with van der Waals surface area (Å²) in [6.45, 7) is 0. The third-order valence-corrected chi connectivity index (χ3v) is 4.25. The van der Waals surface area contributed by atoms with Crippen LogP contribution >= 0.6 is 15.9 Å². The van der Waals surface area contributed by atoms with Crippen molar-refractivity contribution in [3.63, 3.8) is 0 Å². The number of benzene rings is 2. The Hall–Kier alpha value is -2.47. The summed E-state index contributed by atoms with van der Waals surface area (Å²) in [6.07, 6.45) is 3.58. The Bertz CT molecular complexity index is 886. The monoisotopic (exact) mass is 370 g/mol. The molecule has 6 heteroatoms. The fourth-order valence-electron chi connectivity index (χ4n) is 2.66. The fraction of sp³-hybridized carbons (Fsp3) is 0.0588. The first-order valence-corrected chi connectivity index (χ1v) is 7.90. The molecule has 1 aliphatic rings. The van der Waals surface area contributed by atoms with Gasteiger partial charge in [-0.1, -0.05) is 40.2 Å². The molecule has 1 unspecified atom stereocenters. The molecule has 0 saturated carbocycles. The Kier molecular flexibility index (Phi) is 3.46. The van der Waals surface area contributed by atoms with Crippen molar-refractivity contribution in [1.82, 2.24) is 14.8 Å². The van der Waals surface area contributed by atoms with Crippen molar-refractivity contribution in [3.05, 3.63) is 82.4 Å². The van der Waals surface area contributed by atoms with Crippen LogP contribution in [0.5, 0.6) is 0 Å². The maximum Gasteiger partial charge on any atom is 0.226 e. The highest BCUT2D eigenvalue weighted by Gasteiger charge is 2.23. The summed E-state index contributed by atoms with van der Waals surface area (Å²) >= 11 is 3.49. The summed E-state index contributed by atoms with van der Waals surface area (Å²) in [5.41, 5.74) is 2.94. The molecular weight excluding hydrogens is 359 g/mol. The molecule has 2 aromatic carbocycles. The van der Waals surface area contributed by atoms with E-state index in [0.29, 0.717) is 5.95 Å². The molecule has 4 rings (SSSR count). The predicted molar refractivity (Wildman–Crippen MR) is 90.3 cm³/mol. The van der Waals surface area contributed by atoms with Crippen LogP contribution in [0.3, 0.4) is 0 Å². The van der Waals surface area contributed by atoms with E-state index in [1.54, 1.807) is 16.8 Å². The Balaban J connectivity index is 1.81. The van der Waals surface area contributed by atoms with Crippen LogP contribution in [0, 0.1) is 5.82 Å². The zero-order chi connectivity index (χ0) is 15.8. The number of hydrogen-bond donors (Lipinski definition) is 1. The number of halogens is 2. The minimum atomic E-state index is -0.252. The second-order valence-corrected chi connectivity index (χ2v) is 6.16. The molecule has 0 amide bonds. The zero-order valence-electron chi connectivity index (χ0n) is 11.9. The van der Waals surface area contributed by atoms with Gasteiger partial charge in [-0.05, 0) is 41.5 Å². The molecule has 1 aromatic heterocycles. The number of fused-ring (bicyclic) bond motifs is 1. The Morgan fingerprint density at radius 3 is 2.74 bits per heavy atom. The van der Waals surface area contributed by atoms with Crippen molar-refractivity contribution in [2.75, 3.05) is 5.32 Å². The van der Waals surface area contributed by atoms with Crippen LogP contribution in [0.2, 0.25) is 0 Å². The molecule has 0 bridgehead atoms. The summed E-state index contributed by atoms with van der Waals surface area (Å²) in [7, 11) is 0. The lowest BCUT2D eigenvalue weighted by Crippen LogP contribution is -2.20. The zero-order valence-corrected chi connectivity index (χ0v) is 13.5. The predicted octanol–water partition coefficient (Wildman–Crippen LogP) is 4.24. The Morgan fingerprint density at radius 1 is 1.13 bits per heavy atom. The van der Waals surface area contributed by atoms with Gasteiger partial charge in [-0.3, -0.25) is 0 Å². The minimum Gasteiger partial charge on any atom is -0.324 e. The second-order valence-electron chi connectivity index (χ2n) is 5.24. The molecular formula is C17H12BrFN4. The quantitative estimate of drug-likeness (QED) is 0.733. The summed E-state index contributed by atoms with van der Waals surface area (Å²) in [5, 5.41) is 7.57. The van der Waals surface area contributed by atoms with Gasteiger partial charge in [0.25, 0.3) is 0 Å². The van der Waals surface area contributed by atoms with Crippen LogP contribution in [-0.4, -0.2) is 14.8 Å². The first kappa shape index (κ1) is 14.1. The number of nitrogens with zero attached hydrogens (tertiary/aromatic N) is 3. The van der Waals surface area contributed by atoms with Crippen molar-refractivity contribution in [2.45, 2.75) is 6.04 Å². The van der Waals surface area contributed by atoms with Gasteiger partial charge in [0.05, 0.1) is 0 Å². The molecule has 1 N–H and O–H groups in total. The van der Waals surface area contributed by atoms with E-state index in [9.17, 15) is 4.39 Å². The molecule has 0 spiro atoms. The van der Waals surface area contributed by atoms with Gasteiger partial charge in [-0.25, -0.2) is 9.07 Å². The second kappa shape index (κ2) is 5.62. The first-order chi connectivity index (χ1) is 11.2. The maximum absolute atomic E-state index is 13.2. The molecule has 1 aliphatic heterocycles. The lowest BCUT2D eigenvalue weighted by Gasteiger charge is -2.24. The van der Waals surface area contributed by atoms with E-state index >= 15 is 0 Å². The number of nitrogens with one attached hydrogen (secondary N) is 1. The molecule has 4 nitrogen and oxygen atoms in total. The van der Waals surface area contributed by atoms with Gasteiger partial charge in [0.2, 0.25) is 5.95 Å². The number of rotatable bonds is 2. The highest BCUT2D eigenvalue weighted by Crippen LogP contribution is 2.32. The van der Waals surface area contributed by atoms with Gasteiger partial charge >= 0.3 is 0 Å². The highest BCUT2D eigenvalue weighted by molar-refractivity contribution is 9.10. The normalized spacial score (nSPS) is 16.4. The lowest BCUT2D eigenvalue weighted by atomic mass is 10.0. The van der Waals surface area contributed by atoms with Crippen LogP contribution in [0.4, 0.5) is 10.3 Å². The van der Waals surface area contributed by atoms with Crippen LogP contribution < -0.4 is 5.32 Å². The molecule has 2 heterocycles. The number of allylic oxidation sites excluding steroid dienone is 1. The number of aromatic nitrogens is 3. The topological polar surface area (TPSA) is 42.7 Å². The number of hydrogen-bond acceptors (Lipinski definition) is 3. The minimum absolute atomic E-state index is 0.136. The Morgan fingerprint density at radius 2 is 1.96 bits per heavy atom. The fourth-order valence-corrected chi connectivity index (χ4v) is 3.05. The van der Waals surface area contributed by atoms with E-state index < -0.39 is 0 Å². The van der Waals surface area contributed by atoms with Crippen molar-refractivity contribution < 1.29 is 4.39 Å². The van der Waals surface area contributed by atoms with Crippen LogP contribution in [0.25, 0.3) is 5.70 Å². The van der Waals surface area contributed by atoms with Crippen LogP contribution in [-0.2, 0) is 0 Å². The van der Waals surface area contributed by atoms with Crippen molar-refractivity contribution in [1.29, 1.82) is 0 Å². The van der Waals surface area contributed by atoms with Gasteiger partial charge < -0.3 is 5.32 Å².